The zero-order valence-corrected chi connectivity index (χ0v) is 16.3. The van der Waals surface area contributed by atoms with Gasteiger partial charge in [-0.25, -0.2) is 9.37 Å². The number of unbranched alkanes of at least 4 members (excludes halogenated alkanes) is 4. The highest BCUT2D eigenvalue weighted by atomic mass is 19.1. The van der Waals surface area contributed by atoms with Gasteiger partial charge in [-0.1, -0.05) is 49.6 Å². The van der Waals surface area contributed by atoms with Crippen LogP contribution in [0.25, 0.3) is 16.9 Å². The Bertz CT molecular complexity index is 908. The molecule has 29 heavy (non-hydrogen) atoms. The van der Waals surface area contributed by atoms with Crippen molar-refractivity contribution in [2.75, 3.05) is 6.61 Å². The number of imidazole rings is 1. The third-order valence-corrected chi connectivity index (χ3v) is 4.65. The Balaban J connectivity index is 1.65. The Kier molecular flexibility index (Phi) is 7.39. The van der Waals surface area contributed by atoms with E-state index < -0.39 is 5.97 Å². The van der Waals surface area contributed by atoms with Crippen LogP contribution in [-0.4, -0.2) is 27.2 Å². The molecule has 0 radical (unpaired) electrons. The Morgan fingerprint density at radius 1 is 0.966 bits per heavy atom. The Hall–Kier alpha value is -3.15. The molecule has 2 aromatic carbocycles. The van der Waals surface area contributed by atoms with Crippen molar-refractivity contribution in [1.82, 2.24) is 9.55 Å². The van der Waals surface area contributed by atoms with E-state index in [9.17, 15) is 9.18 Å². The molecule has 0 atom stereocenters. The number of rotatable bonds is 11. The average molecular weight is 396 g/mol. The van der Waals surface area contributed by atoms with E-state index in [-0.39, 0.29) is 12.2 Å². The second-order valence-corrected chi connectivity index (χ2v) is 6.86. The van der Waals surface area contributed by atoms with E-state index in [0.29, 0.717) is 19.0 Å². The van der Waals surface area contributed by atoms with E-state index >= 15 is 0 Å². The number of nitrogens with zero attached hydrogens (tertiary/aromatic N) is 2. The van der Waals surface area contributed by atoms with Gasteiger partial charge in [0.05, 0.1) is 24.2 Å². The number of halogens is 1. The topological polar surface area (TPSA) is 64.3 Å². The van der Waals surface area contributed by atoms with E-state index in [1.54, 1.807) is 18.3 Å². The lowest BCUT2D eigenvalue weighted by Crippen LogP contribution is -2.05. The van der Waals surface area contributed by atoms with Crippen LogP contribution in [0.1, 0.15) is 38.5 Å². The lowest BCUT2D eigenvalue weighted by molar-refractivity contribution is -0.137. The number of benzene rings is 2. The summed E-state index contributed by atoms with van der Waals surface area (Å²) < 4.78 is 21.2. The molecule has 0 aliphatic carbocycles. The minimum absolute atomic E-state index is 0.230. The molecule has 0 aliphatic heterocycles. The number of carboxylic acid groups (broad SMARTS) is 1. The van der Waals surface area contributed by atoms with Crippen LogP contribution in [0.4, 0.5) is 4.39 Å². The highest BCUT2D eigenvalue weighted by Crippen LogP contribution is 2.28. The summed E-state index contributed by atoms with van der Waals surface area (Å²) >= 11 is 0. The summed E-state index contributed by atoms with van der Waals surface area (Å²) in [6.07, 6.45) is 6.44. The standard InChI is InChI=1S/C23H25FN2O3/c24-19-12-14-20(15-13-19)26-21(18-9-5-4-6-10-18)17-25-23(26)29-16-8-3-1-2-7-11-22(27)28/h4-6,9-10,12-15,17H,1-3,7-8,11,16H2,(H,27,28). The van der Waals surface area contributed by atoms with Crippen molar-refractivity contribution in [3.8, 4) is 23.0 Å². The summed E-state index contributed by atoms with van der Waals surface area (Å²) in [4.78, 5) is 15.0. The normalized spacial score (nSPS) is 10.8. The van der Waals surface area contributed by atoms with Gasteiger partial charge < -0.3 is 9.84 Å². The minimum atomic E-state index is -0.741. The molecule has 1 heterocycles. The molecule has 0 aliphatic rings. The van der Waals surface area contributed by atoms with Gasteiger partial charge in [0.25, 0.3) is 0 Å². The zero-order chi connectivity index (χ0) is 20.5. The van der Waals surface area contributed by atoms with Gasteiger partial charge in [-0.15, -0.1) is 0 Å². The van der Waals surface area contributed by atoms with Crippen molar-refractivity contribution < 1.29 is 19.0 Å². The summed E-state index contributed by atoms with van der Waals surface area (Å²) in [6, 6.07) is 16.6. The highest BCUT2D eigenvalue weighted by Gasteiger charge is 2.15. The first-order chi connectivity index (χ1) is 14.1. The van der Waals surface area contributed by atoms with Crippen molar-refractivity contribution in [3.63, 3.8) is 0 Å². The van der Waals surface area contributed by atoms with Crippen LogP contribution >= 0.6 is 0 Å². The number of aliphatic carboxylic acids is 1. The molecule has 6 heteroatoms. The minimum Gasteiger partial charge on any atom is -0.481 e. The van der Waals surface area contributed by atoms with Crippen molar-refractivity contribution in [1.29, 1.82) is 0 Å². The molecule has 1 aromatic heterocycles. The van der Waals surface area contributed by atoms with E-state index in [0.717, 1.165) is 42.6 Å². The lowest BCUT2D eigenvalue weighted by Gasteiger charge is -2.13. The predicted octanol–water partition coefficient (Wildman–Crippen LogP) is 5.48. The number of hydrogen-bond donors (Lipinski definition) is 1. The first kappa shape index (κ1) is 20.6. The first-order valence-corrected chi connectivity index (χ1v) is 9.89. The Labute approximate surface area is 169 Å². The molecule has 0 fully saturated rings. The largest absolute Gasteiger partial charge is 0.481 e. The summed E-state index contributed by atoms with van der Waals surface area (Å²) in [7, 11) is 0. The zero-order valence-electron chi connectivity index (χ0n) is 16.3. The fourth-order valence-corrected chi connectivity index (χ4v) is 3.16. The van der Waals surface area contributed by atoms with Crippen LogP contribution in [0.2, 0.25) is 0 Å². The molecule has 152 valence electrons. The molecule has 1 N–H and O–H groups in total. The fourth-order valence-electron chi connectivity index (χ4n) is 3.16. The van der Waals surface area contributed by atoms with Crippen LogP contribution in [0, 0.1) is 5.82 Å². The van der Waals surface area contributed by atoms with E-state index in [1.165, 1.54) is 12.1 Å². The molecule has 0 spiro atoms. The lowest BCUT2D eigenvalue weighted by atomic mass is 10.1. The van der Waals surface area contributed by atoms with E-state index in [4.69, 9.17) is 9.84 Å². The quantitative estimate of drug-likeness (QED) is 0.436. The maximum Gasteiger partial charge on any atom is 0.303 e. The monoisotopic (exact) mass is 396 g/mol. The fraction of sp³-hybridized carbons (Fsp3) is 0.304. The van der Waals surface area contributed by atoms with Gasteiger partial charge >= 0.3 is 12.0 Å². The highest BCUT2D eigenvalue weighted by molar-refractivity contribution is 5.66. The predicted molar refractivity (Wildman–Crippen MR) is 110 cm³/mol. The number of aromatic nitrogens is 2. The smallest absolute Gasteiger partial charge is 0.303 e. The van der Waals surface area contributed by atoms with Crippen LogP contribution in [0.5, 0.6) is 6.01 Å². The van der Waals surface area contributed by atoms with Crippen LogP contribution in [0.3, 0.4) is 0 Å². The average Bonchev–Trinajstić information content (AvgIpc) is 3.15. The number of ether oxygens (including phenoxy) is 1. The van der Waals surface area contributed by atoms with Gasteiger partial charge in [0, 0.05) is 12.0 Å². The van der Waals surface area contributed by atoms with E-state index in [1.807, 2.05) is 34.9 Å². The molecule has 0 bridgehead atoms. The van der Waals surface area contributed by atoms with Gasteiger partial charge in [0.15, 0.2) is 0 Å². The number of carbonyl (C=O) groups is 1. The summed E-state index contributed by atoms with van der Waals surface area (Å²) in [5, 5.41) is 8.65. The third-order valence-electron chi connectivity index (χ3n) is 4.65. The van der Waals surface area contributed by atoms with Gasteiger partial charge in [0.1, 0.15) is 5.82 Å². The van der Waals surface area contributed by atoms with Crippen molar-refractivity contribution in [2.24, 2.45) is 0 Å². The summed E-state index contributed by atoms with van der Waals surface area (Å²) in [5.41, 5.74) is 2.66. The number of hydrogen-bond acceptors (Lipinski definition) is 3. The van der Waals surface area contributed by atoms with Gasteiger partial charge in [-0.3, -0.25) is 9.36 Å². The van der Waals surface area contributed by atoms with Gasteiger partial charge in [-0.05, 0) is 37.1 Å². The summed E-state index contributed by atoms with van der Waals surface area (Å²) in [5.74, 6) is -1.03. The molecule has 0 saturated heterocycles. The summed E-state index contributed by atoms with van der Waals surface area (Å²) in [6.45, 7) is 0.519. The molecular formula is C23H25FN2O3. The molecule has 3 rings (SSSR count). The Morgan fingerprint density at radius 3 is 2.38 bits per heavy atom. The maximum atomic E-state index is 13.4. The third kappa shape index (κ3) is 5.91. The van der Waals surface area contributed by atoms with Gasteiger partial charge in [0.2, 0.25) is 0 Å². The number of carboxylic acids is 1. The molecule has 3 aromatic rings. The van der Waals surface area contributed by atoms with Crippen molar-refractivity contribution in [3.05, 3.63) is 66.6 Å². The SMILES string of the molecule is O=C(O)CCCCCCCOc1ncc(-c2ccccc2)n1-c1ccc(F)cc1. The van der Waals surface area contributed by atoms with Crippen molar-refractivity contribution in [2.45, 2.75) is 38.5 Å². The van der Waals surface area contributed by atoms with Crippen LogP contribution in [0.15, 0.2) is 60.8 Å². The second-order valence-electron chi connectivity index (χ2n) is 6.86. The van der Waals surface area contributed by atoms with Crippen molar-refractivity contribution >= 4 is 5.97 Å². The Morgan fingerprint density at radius 2 is 1.66 bits per heavy atom. The van der Waals surface area contributed by atoms with E-state index in [2.05, 4.69) is 4.98 Å². The molecule has 0 amide bonds. The first-order valence-electron chi connectivity index (χ1n) is 9.89. The van der Waals surface area contributed by atoms with Gasteiger partial charge in [-0.2, -0.15) is 0 Å². The molecule has 0 unspecified atom stereocenters. The molecular weight excluding hydrogens is 371 g/mol. The second kappa shape index (κ2) is 10.4. The maximum absolute atomic E-state index is 13.4. The van der Waals surface area contributed by atoms with Crippen LogP contribution in [-0.2, 0) is 4.79 Å². The molecule has 0 saturated carbocycles. The van der Waals surface area contributed by atoms with Crippen LogP contribution < -0.4 is 4.74 Å². The molecule has 5 nitrogen and oxygen atoms in total.